The van der Waals surface area contributed by atoms with Crippen molar-refractivity contribution in [2.75, 3.05) is 12.4 Å². The van der Waals surface area contributed by atoms with E-state index in [4.69, 9.17) is 15.9 Å². The maximum atomic E-state index is 5.87. The fourth-order valence-corrected chi connectivity index (χ4v) is 2.18. The van der Waals surface area contributed by atoms with E-state index in [0.717, 1.165) is 28.4 Å². The maximum absolute atomic E-state index is 5.87. The first-order chi connectivity index (χ1) is 9.33. The average molecular weight is 251 g/mol. The summed E-state index contributed by atoms with van der Waals surface area (Å²) in [4.78, 5) is 0. The molecule has 0 radical (unpaired) electrons. The fraction of sp³-hybridized carbons (Fsp3) is 0.125. The summed E-state index contributed by atoms with van der Waals surface area (Å²) < 4.78 is 11.2. The van der Waals surface area contributed by atoms with E-state index in [1.54, 1.807) is 7.11 Å². The van der Waals surface area contributed by atoms with Gasteiger partial charge in [0.1, 0.15) is 6.10 Å². The quantitative estimate of drug-likeness (QED) is 0.701. The predicted octanol–water partition coefficient (Wildman–Crippen LogP) is 3.86. The zero-order valence-electron chi connectivity index (χ0n) is 10.5. The molecule has 2 aromatic carbocycles. The number of rotatable bonds is 2. The van der Waals surface area contributed by atoms with Gasteiger partial charge in [-0.3, -0.25) is 0 Å². The minimum atomic E-state index is -0.392. The second-order valence-corrected chi connectivity index (χ2v) is 4.23. The number of ether oxygens (including phenoxy) is 2. The molecule has 0 spiro atoms. The first kappa shape index (κ1) is 11.6. The number of methoxy groups -OCH3 is 1. The molecule has 1 atom stereocenters. The summed E-state index contributed by atoms with van der Waals surface area (Å²) in [7, 11) is 1.60. The molecule has 1 heterocycles. The van der Waals surface area contributed by atoms with Crippen LogP contribution in [0.3, 0.4) is 0 Å². The van der Waals surface area contributed by atoms with Crippen LogP contribution < -0.4 is 10.1 Å². The van der Waals surface area contributed by atoms with Crippen molar-refractivity contribution < 1.29 is 9.47 Å². The minimum Gasteiger partial charge on any atom is -0.453 e. The highest BCUT2D eigenvalue weighted by Crippen LogP contribution is 2.44. The summed E-state index contributed by atoms with van der Waals surface area (Å²) in [5.74, 6) is 4.19. The van der Waals surface area contributed by atoms with Crippen LogP contribution in [-0.2, 0) is 4.74 Å². The Labute approximate surface area is 112 Å². The van der Waals surface area contributed by atoms with E-state index in [-0.39, 0.29) is 0 Å². The van der Waals surface area contributed by atoms with E-state index in [9.17, 15) is 0 Å². The van der Waals surface area contributed by atoms with Crippen LogP contribution >= 0.6 is 0 Å². The monoisotopic (exact) mass is 251 g/mol. The van der Waals surface area contributed by atoms with Gasteiger partial charge in [-0.25, -0.2) is 0 Å². The van der Waals surface area contributed by atoms with E-state index < -0.39 is 6.10 Å². The van der Waals surface area contributed by atoms with Crippen LogP contribution in [0, 0.1) is 12.3 Å². The Morgan fingerprint density at radius 3 is 2.74 bits per heavy atom. The summed E-state index contributed by atoms with van der Waals surface area (Å²) in [6.07, 6.45) is 5.11. The molecule has 1 N–H and O–H groups in total. The van der Waals surface area contributed by atoms with Gasteiger partial charge >= 0.3 is 0 Å². The molecule has 19 heavy (non-hydrogen) atoms. The summed E-state index contributed by atoms with van der Waals surface area (Å²) in [5, 5.41) is 3.36. The molecule has 1 unspecified atom stereocenters. The number of nitrogens with one attached hydrogen (secondary N) is 1. The number of terminal acetylenes is 1. The van der Waals surface area contributed by atoms with Crippen molar-refractivity contribution in [1.82, 2.24) is 0 Å². The minimum absolute atomic E-state index is 0.392. The van der Waals surface area contributed by atoms with E-state index >= 15 is 0 Å². The third-order valence-electron chi connectivity index (χ3n) is 3.09. The molecule has 1 aliphatic rings. The number of hydrogen-bond acceptors (Lipinski definition) is 3. The van der Waals surface area contributed by atoms with Crippen molar-refractivity contribution in [2.45, 2.75) is 6.10 Å². The van der Waals surface area contributed by atoms with Crippen LogP contribution in [0.15, 0.2) is 42.5 Å². The van der Waals surface area contributed by atoms with Crippen molar-refractivity contribution in [1.29, 1.82) is 0 Å². The van der Waals surface area contributed by atoms with Gasteiger partial charge < -0.3 is 14.8 Å². The molecule has 3 rings (SSSR count). The molecule has 94 valence electrons. The topological polar surface area (TPSA) is 30.5 Å². The Morgan fingerprint density at radius 2 is 1.95 bits per heavy atom. The maximum Gasteiger partial charge on any atom is 0.151 e. The number of fused-ring (bicyclic) bond motifs is 2. The van der Waals surface area contributed by atoms with Crippen LogP contribution in [0.5, 0.6) is 11.5 Å². The predicted molar refractivity (Wildman–Crippen MR) is 74.8 cm³/mol. The van der Waals surface area contributed by atoms with Crippen LogP contribution in [0.2, 0.25) is 0 Å². The summed E-state index contributed by atoms with van der Waals surface area (Å²) in [6, 6.07) is 13.5. The first-order valence-corrected chi connectivity index (χ1v) is 5.99. The number of para-hydroxylation sites is 3. The standard InChI is InChI=1S/C16H13NO2/c1-3-13(18-2)11-7-6-10-15-16(11)17-12-8-4-5-9-14(12)19-15/h1,4-10,13,17H,2H3. The molecule has 1 aliphatic heterocycles. The normalized spacial score (nSPS) is 13.3. The van der Waals surface area contributed by atoms with Gasteiger partial charge in [0.2, 0.25) is 0 Å². The van der Waals surface area contributed by atoms with Gasteiger partial charge in [-0.1, -0.05) is 30.2 Å². The highest BCUT2D eigenvalue weighted by atomic mass is 16.5. The number of benzene rings is 2. The molecule has 0 saturated heterocycles. The Kier molecular flexibility index (Phi) is 2.86. The summed E-state index contributed by atoms with van der Waals surface area (Å²) in [5.41, 5.74) is 2.69. The van der Waals surface area contributed by atoms with Gasteiger partial charge in [0, 0.05) is 12.7 Å². The van der Waals surface area contributed by atoms with E-state index in [1.165, 1.54) is 0 Å². The van der Waals surface area contributed by atoms with Gasteiger partial charge in [0.05, 0.1) is 11.4 Å². The average Bonchev–Trinajstić information content (AvgIpc) is 2.46. The lowest BCUT2D eigenvalue weighted by Gasteiger charge is -2.25. The Hall–Kier alpha value is -2.44. The van der Waals surface area contributed by atoms with Gasteiger partial charge in [0.15, 0.2) is 11.5 Å². The fourth-order valence-electron chi connectivity index (χ4n) is 2.18. The Bertz CT molecular complexity index is 658. The van der Waals surface area contributed by atoms with Crippen LogP contribution in [0.1, 0.15) is 11.7 Å². The lowest BCUT2D eigenvalue weighted by atomic mass is 10.0. The zero-order chi connectivity index (χ0) is 13.2. The third-order valence-corrected chi connectivity index (χ3v) is 3.09. The lowest BCUT2D eigenvalue weighted by molar-refractivity contribution is 0.151. The van der Waals surface area contributed by atoms with Crippen LogP contribution in [0.25, 0.3) is 0 Å². The molecule has 0 fully saturated rings. The van der Waals surface area contributed by atoms with Crippen molar-refractivity contribution in [3.63, 3.8) is 0 Å². The molecule has 0 amide bonds. The molecule has 2 aromatic rings. The van der Waals surface area contributed by atoms with Gasteiger partial charge in [0.25, 0.3) is 0 Å². The molecule has 0 bridgehead atoms. The molecule has 0 aliphatic carbocycles. The lowest BCUT2D eigenvalue weighted by Crippen LogP contribution is -2.08. The molecule has 3 heteroatoms. The highest BCUT2D eigenvalue weighted by Gasteiger charge is 2.21. The van der Waals surface area contributed by atoms with Crippen LogP contribution in [0.4, 0.5) is 11.4 Å². The van der Waals surface area contributed by atoms with Crippen molar-refractivity contribution in [2.24, 2.45) is 0 Å². The zero-order valence-corrected chi connectivity index (χ0v) is 10.5. The smallest absolute Gasteiger partial charge is 0.151 e. The second-order valence-electron chi connectivity index (χ2n) is 4.23. The van der Waals surface area contributed by atoms with Gasteiger partial charge in [-0.2, -0.15) is 0 Å². The van der Waals surface area contributed by atoms with Crippen molar-refractivity contribution >= 4 is 11.4 Å². The number of hydrogen-bond donors (Lipinski definition) is 1. The van der Waals surface area contributed by atoms with E-state index in [0.29, 0.717) is 0 Å². The van der Waals surface area contributed by atoms with E-state index in [2.05, 4.69) is 11.2 Å². The Morgan fingerprint density at radius 1 is 1.16 bits per heavy atom. The number of anilines is 2. The van der Waals surface area contributed by atoms with E-state index in [1.807, 2.05) is 42.5 Å². The summed E-state index contributed by atoms with van der Waals surface area (Å²) in [6.45, 7) is 0. The van der Waals surface area contributed by atoms with Crippen molar-refractivity contribution in [3.05, 3.63) is 48.0 Å². The Balaban J connectivity index is 2.09. The SMILES string of the molecule is C#CC(OC)c1cccc2c1Nc1ccccc1O2. The summed E-state index contributed by atoms with van der Waals surface area (Å²) >= 11 is 0. The molecular weight excluding hydrogens is 238 g/mol. The highest BCUT2D eigenvalue weighted by molar-refractivity contribution is 5.78. The molecule has 0 aromatic heterocycles. The van der Waals surface area contributed by atoms with Gasteiger partial charge in [-0.15, -0.1) is 6.42 Å². The van der Waals surface area contributed by atoms with Crippen LogP contribution in [-0.4, -0.2) is 7.11 Å². The van der Waals surface area contributed by atoms with Crippen molar-refractivity contribution in [3.8, 4) is 23.8 Å². The largest absolute Gasteiger partial charge is 0.453 e. The molecule has 0 saturated carbocycles. The first-order valence-electron chi connectivity index (χ1n) is 5.99. The third kappa shape index (κ3) is 1.92. The molecular formula is C16H13NO2. The van der Waals surface area contributed by atoms with Gasteiger partial charge in [-0.05, 0) is 18.2 Å². The molecule has 3 nitrogen and oxygen atoms in total. The second kappa shape index (κ2) is 4.68.